The van der Waals surface area contributed by atoms with Gasteiger partial charge in [0, 0.05) is 5.69 Å². The Labute approximate surface area is 161 Å². The van der Waals surface area contributed by atoms with E-state index >= 15 is 0 Å². The van der Waals surface area contributed by atoms with Gasteiger partial charge in [0.15, 0.2) is 6.61 Å². The topological polar surface area (TPSA) is 97.6 Å². The summed E-state index contributed by atoms with van der Waals surface area (Å²) in [6.07, 6.45) is 1.37. The largest absolute Gasteiger partial charge is 0.469 e. The van der Waals surface area contributed by atoms with Crippen molar-refractivity contribution in [3.63, 3.8) is 0 Å². The van der Waals surface area contributed by atoms with Crippen LogP contribution in [0.4, 0.5) is 11.4 Å². The Morgan fingerprint density at radius 3 is 2.32 bits per heavy atom. The highest BCUT2D eigenvalue weighted by molar-refractivity contribution is 6.10. The maximum atomic E-state index is 12.5. The van der Waals surface area contributed by atoms with E-state index in [2.05, 4.69) is 10.6 Å². The molecule has 0 saturated heterocycles. The standard InChI is InChI=1S/C21H18N2O5/c1-14-16(11-12-27-14)21(26)28-13-19(24)23-18-10-6-5-9-17(18)20(25)22-15-7-3-2-4-8-15/h2-12H,13H2,1H3,(H,22,25)(H,23,24). The lowest BCUT2D eigenvalue weighted by molar-refractivity contribution is -0.119. The van der Waals surface area contributed by atoms with E-state index in [1.807, 2.05) is 6.07 Å². The summed E-state index contributed by atoms with van der Waals surface area (Å²) in [6.45, 7) is 1.14. The molecule has 7 nitrogen and oxygen atoms in total. The van der Waals surface area contributed by atoms with Crippen LogP contribution in [0.2, 0.25) is 0 Å². The molecule has 2 aromatic carbocycles. The first-order valence-corrected chi connectivity index (χ1v) is 8.51. The Bertz CT molecular complexity index is 995. The Kier molecular flexibility index (Phi) is 5.86. The van der Waals surface area contributed by atoms with Crippen molar-refractivity contribution >= 4 is 29.2 Å². The van der Waals surface area contributed by atoms with Crippen LogP contribution in [0.25, 0.3) is 0 Å². The Morgan fingerprint density at radius 1 is 0.893 bits per heavy atom. The number of benzene rings is 2. The summed E-state index contributed by atoms with van der Waals surface area (Å²) in [6, 6.07) is 17.0. The molecular weight excluding hydrogens is 360 g/mol. The molecule has 0 aliphatic carbocycles. The molecule has 142 valence electrons. The number of furan rings is 1. The number of rotatable bonds is 6. The Balaban J connectivity index is 1.62. The fourth-order valence-electron chi connectivity index (χ4n) is 2.50. The lowest BCUT2D eigenvalue weighted by atomic mass is 10.1. The summed E-state index contributed by atoms with van der Waals surface area (Å²) in [5.74, 6) is -1.17. The van der Waals surface area contributed by atoms with E-state index in [-0.39, 0.29) is 17.0 Å². The monoisotopic (exact) mass is 378 g/mol. The van der Waals surface area contributed by atoms with Gasteiger partial charge in [-0.2, -0.15) is 0 Å². The number of esters is 1. The molecule has 28 heavy (non-hydrogen) atoms. The molecule has 2 N–H and O–H groups in total. The molecule has 0 aliphatic rings. The number of hydrogen-bond donors (Lipinski definition) is 2. The zero-order chi connectivity index (χ0) is 19.9. The van der Waals surface area contributed by atoms with Crippen LogP contribution in [0.1, 0.15) is 26.5 Å². The summed E-state index contributed by atoms with van der Waals surface area (Å²) in [7, 11) is 0. The summed E-state index contributed by atoms with van der Waals surface area (Å²) in [4.78, 5) is 36.6. The minimum atomic E-state index is -0.656. The van der Waals surface area contributed by atoms with Crippen LogP contribution >= 0.6 is 0 Å². The van der Waals surface area contributed by atoms with Crippen LogP contribution in [0.5, 0.6) is 0 Å². The number of hydrogen-bond acceptors (Lipinski definition) is 5. The predicted molar refractivity (Wildman–Crippen MR) is 103 cm³/mol. The van der Waals surface area contributed by atoms with Crippen molar-refractivity contribution in [1.29, 1.82) is 0 Å². The highest BCUT2D eigenvalue weighted by Gasteiger charge is 2.17. The van der Waals surface area contributed by atoms with Gasteiger partial charge in [0.1, 0.15) is 11.3 Å². The minimum Gasteiger partial charge on any atom is -0.469 e. The number of anilines is 2. The van der Waals surface area contributed by atoms with Crippen molar-refractivity contribution in [2.45, 2.75) is 6.92 Å². The SMILES string of the molecule is Cc1occc1C(=O)OCC(=O)Nc1ccccc1C(=O)Nc1ccccc1. The van der Waals surface area contributed by atoms with E-state index in [1.54, 1.807) is 55.5 Å². The van der Waals surface area contributed by atoms with Crippen molar-refractivity contribution in [3.05, 3.63) is 83.8 Å². The quantitative estimate of drug-likeness (QED) is 0.638. The number of carbonyl (C=O) groups is 3. The molecule has 0 saturated carbocycles. The molecule has 0 spiro atoms. The van der Waals surface area contributed by atoms with Gasteiger partial charge in [0.2, 0.25) is 0 Å². The van der Waals surface area contributed by atoms with Crippen LogP contribution in [-0.4, -0.2) is 24.4 Å². The average Bonchev–Trinajstić information content (AvgIpc) is 3.13. The van der Waals surface area contributed by atoms with Crippen molar-refractivity contribution in [1.82, 2.24) is 0 Å². The molecule has 0 fully saturated rings. The van der Waals surface area contributed by atoms with Crippen molar-refractivity contribution in [2.75, 3.05) is 17.2 Å². The Hall–Kier alpha value is -3.87. The molecule has 0 aliphatic heterocycles. The van der Waals surface area contributed by atoms with Gasteiger partial charge in [-0.3, -0.25) is 9.59 Å². The van der Waals surface area contributed by atoms with Gasteiger partial charge in [-0.15, -0.1) is 0 Å². The number of carbonyl (C=O) groups excluding carboxylic acids is 3. The third-order valence-corrected chi connectivity index (χ3v) is 3.89. The second-order valence-corrected chi connectivity index (χ2v) is 5.88. The van der Waals surface area contributed by atoms with Crippen LogP contribution in [-0.2, 0) is 9.53 Å². The first kappa shape index (κ1) is 18.9. The van der Waals surface area contributed by atoms with Crippen molar-refractivity contribution in [2.24, 2.45) is 0 Å². The van der Waals surface area contributed by atoms with Gasteiger partial charge < -0.3 is 19.8 Å². The van der Waals surface area contributed by atoms with E-state index in [1.165, 1.54) is 12.3 Å². The molecule has 0 radical (unpaired) electrons. The molecule has 1 heterocycles. The first-order valence-electron chi connectivity index (χ1n) is 8.51. The zero-order valence-corrected chi connectivity index (χ0v) is 15.1. The third kappa shape index (κ3) is 4.64. The van der Waals surface area contributed by atoms with Crippen LogP contribution in [0.15, 0.2) is 71.3 Å². The Morgan fingerprint density at radius 2 is 1.61 bits per heavy atom. The maximum absolute atomic E-state index is 12.5. The number of aryl methyl sites for hydroxylation is 1. The van der Waals surface area contributed by atoms with Crippen molar-refractivity contribution in [3.8, 4) is 0 Å². The summed E-state index contributed by atoms with van der Waals surface area (Å²) in [5, 5.41) is 5.35. The molecule has 0 atom stereocenters. The van der Waals surface area contributed by atoms with Crippen molar-refractivity contribution < 1.29 is 23.5 Å². The predicted octanol–water partition coefficient (Wildman–Crippen LogP) is 3.64. The molecule has 0 bridgehead atoms. The van der Waals surface area contributed by atoms with Gasteiger partial charge in [0.25, 0.3) is 11.8 Å². The van der Waals surface area contributed by atoms with Crippen LogP contribution < -0.4 is 10.6 Å². The number of ether oxygens (including phenoxy) is 1. The average molecular weight is 378 g/mol. The zero-order valence-electron chi connectivity index (χ0n) is 15.1. The molecule has 2 amide bonds. The number of nitrogens with one attached hydrogen (secondary N) is 2. The van der Waals surface area contributed by atoms with Crippen LogP contribution in [0.3, 0.4) is 0 Å². The van der Waals surface area contributed by atoms with Gasteiger partial charge >= 0.3 is 5.97 Å². The van der Waals surface area contributed by atoms with E-state index in [4.69, 9.17) is 9.15 Å². The summed E-state index contributed by atoms with van der Waals surface area (Å²) >= 11 is 0. The fraction of sp³-hybridized carbons (Fsp3) is 0.0952. The summed E-state index contributed by atoms with van der Waals surface area (Å²) < 4.78 is 10.0. The third-order valence-electron chi connectivity index (χ3n) is 3.89. The van der Waals surface area contributed by atoms with Gasteiger partial charge in [-0.25, -0.2) is 4.79 Å². The summed E-state index contributed by atoms with van der Waals surface area (Å²) in [5.41, 5.74) is 1.50. The van der Waals surface area contributed by atoms with Crippen LogP contribution in [0, 0.1) is 6.92 Å². The molecule has 3 rings (SSSR count). The second-order valence-electron chi connectivity index (χ2n) is 5.88. The highest BCUT2D eigenvalue weighted by Crippen LogP contribution is 2.17. The molecule has 1 aromatic heterocycles. The minimum absolute atomic E-state index is 0.260. The lowest BCUT2D eigenvalue weighted by Gasteiger charge is -2.11. The number of para-hydroxylation sites is 2. The fourth-order valence-corrected chi connectivity index (χ4v) is 2.50. The number of amides is 2. The normalized spacial score (nSPS) is 10.2. The van der Waals surface area contributed by atoms with E-state index in [0.29, 0.717) is 17.1 Å². The van der Waals surface area contributed by atoms with Gasteiger partial charge in [-0.1, -0.05) is 30.3 Å². The molecule has 0 unspecified atom stereocenters. The van der Waals surface area contributed by atoms with E-state index in [0.717, 1.165) is 0 Å². The molecular formula is C21H18N2O5. The van der Waals surface area contributed by atoms with Gasteiger partial charge in [0.05, 0.1) is 17.5 Å². The molecule has 7 heteroatoms. The van der Waals surface area contributed by atoms with E-state index in [9.17, 15) is 14.4 Å². The maximum Gasteiger partial charge on any atom is 0.342 e. The first-order chi connectivity index (χ1) is 13.5. The van der Waals surface area contributed by atoms with E-state index < -0.39 is 18.5 Å². The second kappa shape index (κ2) is 8.68. The lowest BCUT2D eigenvalue weighted by Crippen LogP contribution is -2.23. The molecule has 3 aromatic rings. The van der Waals surface area contributed by atoms with Gasteiger partial charge in [-0.05, 0) is 37.3 Å². The highest BCUT2D eigenvalue weighted by atomic mass is 16.5. The smallest absolute Gasteiger partial charge is 0.342 e.